The number of nitrogens with one attached hydrogen (secondary N) is 2. The van der Waals surface area contributed by atoms with Gasteiger partial charge >= 0.3 is 5.97 Å². The normalized spacial score (nSPS) is 14.4. The number of carboxylic acid groups (broad SMARTS) is 1. The van der Waals surface area contributed by atoms with Crippen molar-refractivity contribution in [3.63, 3.8) is 0 Å². The van der Waals surface area contributed by atoms with E-state index >= 15 is 0 Å². The second-order valence-corrected chi connectivity index (χ2v) is 6.69. The van der Waals surface area contributed by atoms with Gasteiger partial charge in [0.1, 0.15) is 0 Å². The molecule has 3 N–H and O–H groups in total. The lowest BCUT2D eigenvalue weighted by Gasteiger charge is -2.22. The minimum Gasteiger partial charge on any atom is -0.478 e. The SMILES string of the molecule is O=C(NC1CCCCC1)c1cccc(NC(=O)c2ccccc2C(=O)O)c1. The van der Waals surface area contributed by atoms with E-state index in [4.69, 9.17) is 0 Å². The molecule has 3 rings (SSSR count). The van der Waals surface area contributed by atoms with Crippen molar-refractivity contribution in [1.82, 2.24) is 5.32 Å². The molecular formula is C21H22N2O4. The Morgan fingerprint density at radius 3 is 2.26 bits per heavy atom. The summed E-state index contributed by atoms with van der Waals surface area (Å²) in [6.07, 6.45) is 5.46. The predicted molar refractivity (Wildman–Crippen MR) is 102 cm³/mol. The zero-order valence-electron chi connectivity index (χ0n) is 14.9. The molecule has 2 aromatic rings. The number of carboxylic acids is 1. The monoisotopic (exact) mass is 366 g/mol. The highest BCUT2D eigenvalue weighted by Crippen LogP contribution is 2.19. The zero-order chi connectivity index (χ0) is 19.2. The molecule has 1 saturated carbocycles. The molecule has 0 heterocycles. The molecule has 27 heavy (non-hydrogen) atoms. The van der Waals surface area contributed by atoms with Gasteiger partial charge in [0, 0.05) is 17.3 Å². The molecule has 0 aromatic heterocycles. The highest BCUT2D eigenvalue weighted by molar-refractivity contribution is 6.11. The van der Waals surface area contributed by atoms with Crippen molar-refractivity contribution in [3.8, 4) is 0 Å². The van der Waals surface area contributed by atoms with Gasteiger partial charge in [-0.25, -0.2) is 4.79 Å². The fraction of sp³-hybridized carbons (Fsp3) is 0.286. The number of amides is 2. The second-order valence-electron chi connectivity index (χ2n) is 6.69. The molecule has 0 radical (unpaired) electrons. The summed E-state index contributed by atoms with van der Waals surface area (Å²) in [4.78, 5) is 36.2. The Bertz CT molecular complexity index is 857. The van der Waals surface area contributed by atoms with E-state index in [0.29, 0.717) is 11.3 Å². The van der Waals surface area contributed by atoms with Gasteiger partial charge in [0.15, 0.2) is 0 Å². The fourth-order valence-electron chi connectivity index (χ4n) is 3.32. The van der Waals surface area contributed by atoms with Crippen LogP contribution in [0.25, 0.3) is 0 Å². The van der Waals surface area contributed by atoms with Gasteiger partial charge < -0.3 is 15.7 Å². The molecule has 0 aliphatic heterocycles. The largest absolute Gasteiger partial charge is 0.478 e. The minimum atomic E-state index is -1.17. The number of aromatic carboxylic acids is 1. The first-order valence-electron chi connectivity index (χ1n) is 9.09. The molecule has 1 fully saturated rings. The first-order valence-corrected chi connectivity index (χ1v) is 9.09. The molecule has 6 heteroatoms. The summed E-state index contributed by atoms with van der Waals surface area (Å²) < 4.78 is 0. The van der Waals surface area contributed by atoms with Crippen LogP contribution >= 0.6 is 0 Å². The summed E-state index contributed by atoms with van der Waals surface area (Å²) in [7, 11) is 0. The number of hydrogen-bond acceptors (Lipinski definition) is 3. The van der Waals surface area contributed by atoms with Gasteiger partial charge in [0.05, 0.1) is 11.1 Å². The molecule has 0 unspecified atom stereocenters. The molecule has 2 amide bonds. The van der Waals surface area contributed by atoms with Crippen molar-refractivity contribution in [1.29, 1.82) is 0 Å². The molecular weight excluding hydrogens is 344 g/mol. The fourth-order valence-corrected chi connectivity index (χ4v) is 3.32. The summed E-state index contributed by atoms with van der Waals surface area (Å²) in [5.41, 5.74) is 0.907. The van der Waals surface area contributed by atoms with Gasteiger partial charge in [-0.2, -0.15) is 0 Å². The lowest BCUT2D eigenvalue weighted by Crippen LogP contribution is -2.36. The maximum Gasteiger partial charge on any atom is 0.336 e. The van der Waals surface area contributed by atoms with Crippen molar-refractivity contribution in [2.45, 2.75) is 38.1 Å². The number of carbonyl (C=O) groups excluding carboxylic acids is 2. The van der Waals surface area contributed by atoms with Crippen LogP contribution in [0.2, 0.25) is 0 Å². The van der Waals surface area contributed by atoms with Gasteiger partial charge in [0.25, 0.3) is 11.8 Å². The molecule has 0 saturated heterocycles. The average molecular weight is 366 g/mol. The third-order valence-electron chi connectivity index (χ3n) is 4.73. The molecule has 1 aliphatic rings. The van der Waals surface area contributed by atoms with Crippen molar-refractivity contribution in [3.05, 3.63) is 65.2 Å². The molecule has 0 bridgehead atoms. The smallest absolute Gasteiger partial charge is 0.336 e. The Balaban J connectivity index is 1.71. The van der Waals surface area contributed by atoms with Crippen molar-refractivity contribution in [2.24, 2.45) is 0 Å². The van der Waals surface area contributed by atoms with Gasteiger partial charge in [-0.3, -0.25) is 9.59 Å². The first kappa shape index (κ1) is 18.6. The highest BCUT2D eigenvalue weighted by atomic mass is 16.4. The van der Waals surface area contributed by atoms with Gasteiger partial charge in [-0.1, -0.05) is 37.5 Å². The number of hydrogen-bond donors (Lipinski definition) is 3. The van der Waals surface area contributed by atoms with Crippen LogP contribution in [0.3, 0.4) is 0 Å². The van der Waals surface area contributed by atoms with Gasteiger partial charge in [-0.15, -0.1) is 0 Å². The van der Waals surface area contributed by atoms with Gasteiger partial charge in [-0.05, 0) is 43.2 Å². The van der Waals surface area contributed by atoms with E-state index in [2.05, 4.69) is 10.6 Å². The van der Waals surface area contributed by atoms with Crippen LogP contribution in [0.4, 0.5) is 5.69 Å². The summed E-state index contributed by atoms with van der Waals surface area (Å²) in [6, 6.07) is 12.9. The average Bonchev–Trinajstić information content (AvgIpc) is 2.69. The predicted octanol–water partition coefficient (Wildman–Crippen LogP) is 3.70. The minimum absolute atomic E-state index is 0.0683. The van der Waals surface area contributed by atoms with E-state index in [9.17, 15) is 19.5 Å². The molecule has 6 nitrogen and oxygen atoms in total. The topological polar surface area (TPSA) is 95.5 Å². The number of rotatable bonds is 5. The van der Waals surface area contributed by atoms with Crippen molar-refractivity contribution in [2.75, 3.05) is 5.32 Å². The molecule has 1 aliphatic carbocycles. The maximum absolute atomic E-state index is 12.5. The lowest BCUT2D eigenvalue weighted by atomic mass is 9.95. The Labute approximate surface area is 157 Å². The standard InChI is InChI=1S/C21H22N2O4/c24-19(22-15-8-2-1-3-9-15)14-7-6-10-16(13-14)23-20(25)17-11-4-5-12-18(17)21(26)27/h4-7,10-13,15H,1-3,8-9H2,(H,22,24)(H,23,25)(H,26,27). The Morgan fingerprint density at radius 1 is 0.852 bits per heavy atom. The van der Waals surface area contributed by atoms with E-state index in [1.165, 1.54) is 18.6 Å². The van der Waals surface area contributed by atoms with Crippen molar-refractivity contribution >= 4 is 23.5 Å². The third-order valence-corrected chi connectivity index (χ3v) is 4.73. The van der Waals surface area contributed by atoms with E-state index in [-0.39, 0.29) is 23.1 Å². The molecule has 0 atom stereocenters. The van der Waals surface area contributed by atoms with Crippen LogP contribution in [0.1, 0.15) is 63.2 Å². The summed E-state index contributed by atoms with van der Waals surface area (Å²) in [6.45, 7) is 0. The zero-order valence-corrected chi connectivity index (χ0v) is 14.9. The number of anilines is 1. The second kappa shape index (κ2) is 8.49. The summed E-state index contributed by atoms with van der Waals surface area (Å²) in [5, 5.41) is 14.9. The van der Waals surface area contributed by atoms with E-state index in [0.717, 1.165) is 25.7 Å². The van der Waals surface area contributed by atoms with E-state index in [1.807, 2.05) is 0 Å². The maximum atomic E-state index is 12.5. The van der Waals surface area contributed by atoms with Crippen LogP contribution in [0.5, 0.6) is 0 Å². The van der Waals surface area contributed by atoms with Crippen LogP contribution in [0.15, 0.2) is 48.5 Å². The summed E-state index contributed by atoms with van der Waals surface area (Å²) in [5.74, 6) is -1.86. The van der Waals surface area contributed by atoms with Gasteiger partial charge in [0.2, 0.25) is 0 Å². The summed E-state index contributed by atoms with van der Waals surface area (Å²) >= 11 is 0. The molecule has 140 valence electrons. The number of carbonyl (C=O) groups is 3. The quantitative estimate of drug-likeness (QED) is 0.752. The highest BCUT2D eigenvalue weighted by Gasteiger charge is 2.18. The third kappa shape index (κ3) is 4.73. The van der Waals surface area contributed by atoms with Crippen LogP contribution in [-0.4, -0.2) is 28.9 Å². The van der Waals surface area contributed by atoms with Crippen molar-refractivity contribution < 1.29 is 19.5 Å². The van der Waals surface area contributed by atoms with E-state index in [1.54, 1.807) is 36.4 Å². The van der Waals surface area contributed by atoms with Crippen LogP contribution in [0, 0.1) is 0 Å². The first-order chi connectivity index (χ1) is 13.0. The Morgan fingerprint density at radius 2 is 1.56 bits per heavy atom. The van der Waals surface area contributed by atoms with Crippen LogP contribution < -0.4 is 10.6 Å². The lowest BCUT2D eigenvalue weighted by molar-refractivity contribution is 0.0692. The van der Waals surface area contributed by atoms with Crippen LogP contribution in [-0.2, 0) is 0 Å². The Hall–Kier alpha value is -3.15. The Kier molecular flexibility index (Phi) is 5.86. The number of benzene rings is 2. The molecule has 0 spiro atoms. The molecule has 2 aromatic carbocycles. The van der Waals surface area contributed by atoms with E-state index < -0.39 is 11.9 Å².